The summed E-state index contributed by atoms with van der Waals surface area (Å²) < 4.78 is 5.17. The van der Waals surface area contributed by atoms with Gasteiger partial charge in [-0.3, -0.25) is 9.59 Å². The minimum Gasteiger partial charge on any atom is -0.396 e. The average molecular weight is 290 g/mol. The maximum atomic E-state index is 11.8. The third kappa shape index (κ3) is 7.39. The molecule has 1 saturated heterocycles. The van der Waals surface area contributed by atoms with Crippen molar-refractivity contribution >= 4 is 23.6 Å². The van der Waals surface area contributed by atoms with Crippen LogP contribution in [0.3, 0.4) is 0 Å². The highest BCUT2D eigenvalue weighted by Crippen LogP contribution is 2.05. The predicted octanol–water partition coefficient (Wildman–Crippen LogP) is -0.533. The van der Waals surface area contributed by atoms with Gasteiger partial charge in [-0.1, -0.05) is 0 Å². The number of aliphatic hydroxyl groups excluding tert-OH is 1. The van der Waals surface area contributed by atoms with Crippen molar-refractivity contribution in [1.29, 1.82) is 0 Å². The van der Waals surface area contributed by atoms with Gasteiger partial charge in [-0.25, -0.2) is 0 Å². The molecule has 7 heteroatoms. The minimum absolute atomic E-state index is 0.0577. The summed E-state index contributed by atoms with van der Waals surface area (Å²) in [6.45, 7) is 3.22. The predicted molar refractivity (Wildman–Crippen MR) is 74.1 cm³/mol. The Bertz CT molecular complexity index is 283. The van der Waals surface area contributed by atoms with Crippen LogP contribution in [-0.2, 0) is 14.3 Å². The van der Waals surface area contributed by atoms with Gasteiger partial charge in [0.15, 0.2) is 0 Å². The number of aliphatic hydroxyl groups is 1. The van der Waals surface area contributed by atoms with Gasteiger partial charge in [0.2, 0.25) is 11.8 Å². The molecule has 2 N–H and O–H groups in total. The van der Waals surface area contributed by atoms with E-state index in [-0.39, 0.29) is 18.4 Å². The number of hydrogen-bond acceptors (Lipinski definition) is 5. The Balaban J connectivity index is 2.02. The Morgan fingerprint density at radius 1 is 1.21 bits per heavy atom. The third-order valence-electron chi connectivity index (χ3n) is 2.73. The molecule has 0 spiro atoms. The number of rotatable bonds is 8. The van der Waals surface area contributed by atoms with Crippen molar-refractivity contribution in [2.45, 2.75) is 12.8 Å². The number of hydrogen-bond donors (Lipinski definition) is 2. The first-order valence-corrected chi connectivity index (χ1v) is 7.70. The molecule has 0 aliphatic carbocycles. The van der Waals surface area contributed by atoms with Crippen molar-refractivity contribution in [2.24, 2.45) is 0 Å². The van der Waals surface area contributed by atoms with Crippen LogP contribution in [0.1, 0.15) is 12.8 Å². The minimum atomic E-state index is -0.0577. The van der Waals surface area contributed by atoms with Gasteiger partial charge in [0.05, 0.1) is 24.7 Å². The Morgan fingerprint density at radius 2 is 1.95 bits per heavy atom. The van der Waals surface area contributed by atoms with Gasteiger partial charge in [-0.05, 0) is 12.8 Å². The van der Waals surface area contributed by atoms with Gasteiger partial charge >= 0.3 is 0 Å². The zero-order chi connectivity index (χ0) is 13.9. The van der Waals surface area contributed by atoms with E-state index < -0.39 is 0 Å². The molecule has 0 aromatic rings. The van der Waals surface area contributed by atoms with E-state index in [1.807, 2.05) is 0 Å². The summed E-state index contributed by atoms with van der Waals surface area (Å²) in [5.41, 5.74) is 0. The van der Waals surface area contributed by atoms with E-state index in [0.29, 0.717) is 50.8 Å². The number of unbranched alkanes of at least 4 members (excludes halogenated alkanes) is 1. The van der Waals surface area contributed by atoms with Crippen molar-refractivity contribution < 1.29 is 19.4 Å². The van der Waals surface area contributed by atoms with Gasteiger partial charge in [-0.2, -0.15) is 0 Å². The summed E-state index contributed by atoms with van der Waals surface area (Å²) in [6, 6.07) is 0. The summed E-state index contributed by atoms with van der Waals surface area (Å²) in [6.07, 6.45) is 1.47. The Hall–Kier alpha value is -0.790. The highest BCUT2D eigenvalue weighted by molar-refractivity contribution is 8.00. The molecule has 2 amide bonds. The van der Waals surface area contributed by atoms with Gasteiger partial charge in [0.25, 0.3) is 0 Å². The molecule has 0 saturated carbocycles. The first-order chi connectivity index (χ1) is 9.24. The zero-order valence-corrected chi connectivity index (χ0v) is 11.9. The maximum absolute atomic E-state index is 11.8. The molecule has 0 radical (unpaired) electrons. The number of amides is 2. The molecule has 0 atom stereocenters. The summed E-state index contributed by atoms with van der Waals surface area (Å²) in [5, 5.41) is 11.3. The van der Waals surface area contributed by atoms with E-state index in [1.165, 1.54) is 11.8 Å². The quantitative estimate of drug-likeness (QED) is 0.587. The second-order valence-electron chi connectivity index (χ2n) is 4.27. The molecular formula is C12H22N2O4S. The van der Waals surface area contributed by atoms with Crippen molar-refractivity contribution in [3.05, 3.63) is 0 Å². The van der Waals surface area contributed by atoms with E-state index in [4.69, 9.17) is 9.84 Å². The Morgan fingerprint density at radius 3 is 2.63 bits per heavy atom. The first-order valence-electron chi connectivity index (χ1n) is 6.55. The number of nitrogens with zero attached hydrogens (tertiary/aromatic N) is 1. The molecule has 19 heavy (non-hydrogen) atoms. The van der Waals surface area contributed by atoms with Gasteiger partial charge < -0.3 is 20.1 Å². The van der Waals surface area contributed by atoms with Crippen molar-refractivity contribution in [2.75, 3.05) is 51.0 Å². The van der Waals surface area contributed by atoms with Crippen molar-refractivity contribution in [3.8, 4) is 0 Å². The number of thioether (sulfide) groups is 1. The van der Waals surface area contributed by atoms with Crippen LogP contribution >= 0.6 is 11.8 Å². The topological polar surface area (TPSA) is 78.9 Å². The monoisotopic (exact) mass is 290 g/mol. The van der Waals surface area contributed by atoms with E-state index in [1.54, 1.807) is 4.90 Å². The third-order valence-corrected chi connectivity index (χ3v) is 3.65. The number of carbonyl (C=O) groups excluding carboxylic acids is 2. The largest absolute Gasteiger partial charge is 0.396 e. The summed E-state index contributed by atoms with van der Waals surface area (Å²) in [4.78, 5) is 25.0. The maximum Gasteiger partial charge on any atom is 0.232 e. The molecule has 110 valence electrons. The van der Waals surface area contributed by atoms with E-state index in [2.05, 4.69) is 5.32 Å². The van der Waals surface area contributed by atoms with Gasteiger partial charge in [-0.15, -0.1) is 11.8 Å². The number of carbonyl (C=O) groups is 2. The molecule has 0 bridgehead atoms. The van der Waals surface area contributed by atoms with Crippen LogP contribution in [0.5, 0.6) is 0 Å². The van der Waals surface area contributed by atoms with Crippen LogP contribution in [0.25, 0.3) is 0 Å². The van der Waals surface area contributed by atoms with Crippen LogP contribution in [0, 0.1) is 0 Å². The van der Waals surface area contributed by atoms with Crippen LogP contribution in [0.15, 0.2) is 0 Å². The van der Waals surface area contributed by atoms with Crippen LogP contribution in [0.2, 0.25) is 0 Å². The van der Waals surface area contributed by atoms with Gasteiger partial charge in [0, 0.05) is 26.2 Å². The fourth-order valence-electron chi connectivity index (χ4n) is 1.65. The first kappa shape index (κ1) is 16.3. The molecule has 1 rings (SSSR count). The second-order valence-corrected chi connectivity index (χ2v) is 5.25. The molecule has 6 nitrogen and oxygen atoms in total. The molecule has 0 aromatic heterocycles. The number of morpholine rings is 1. The lowest BCUT2D eigenvalue weighted by Gasteiger charge is -2.26. The summed E-state index contributed by atoms with van der Waals surface area (Å²) in [7, 11) is 0. The lowest BCUT2D eigenvalue weighted by molar-refractivity contribution is -0.132. The molecule has 1 heterocycles. The lowest BCUT2D eigenvalue weighted by Crippen LogP contribution is -2.41. The fraction of sp³-hybridized carbons (Fsp3) is 0.833. The SMILES string of the molecule is O=C(CSCC(=O)N1CCOCC1)NCCCCO. The van der Waals surface area contributed by atoms with Crippen molar-refractivity contribution in [1.82, 2.24) is 10.2 Å². The second kappa shape index (κ2) is 10.1. The molecular weight excluding hydrogens is 268 g/mol. The Kier molecular flexibility index (Phi) is 8.61. The van der Waals surface area contributed by atoms with Crippen LogP contribution in [0.4, 0.5) is 0 Å². The van der Waals surface area contributed by atoms with Crippen LogP contribution in [-0.4, -0.2) is 72.8 Å². The van der Waals surface area contributed by atoms with Gasteiger partial charge in [0.1, 0.15) is 0 Å². The zero-order valence-electron chi connectivity index (χ0n) is 11.1. The normalized spacial score (nSPS) is 15.3. The number of nitrogens with one attached hydrogen (secondary N) is 1. The fourth-order valence-corrected chi connectivity index (χ4v) is 2.40. The van der Waals surface area contributed by atoms with E-state index in [9.17, 15) is 9.59 Å². The van der Waals surface area contributed by atoms with E-state index in [0.717, 1.165) is 6.42 Å². The Labute approximate surface area is 117 Å². The highest BCUT2D eigenvalue weighted by Gasteiger charge is 2.16. The van der Waals surface area contributed by atoms with E-state index >= 15 is 0 Å². The molecule has 0 aromatic carbocycles. The number of ether oxygens (including phenoxy) is 1. The molecule has 1 aliphatic rings. The molecule has 0 unspecified atom stereocenters. The molecule has 1 aliphatic heterocycles. The lowest BCUT2D eigenvalue weighted by atomic mass is 10.3. The van der Waals surface area contributed by atoms with Crippen LogP contribution < -0.4 is 5.32 Å². The molecule has 1 fully saturated rings. The standard InChI is InChI=1S/C12H22N2O4S/c15-6-2-1-3-13-11(16)9-19-10-12(17)14-4-7-18-8-5-14/h15H,1-10H2,(H,13,16). The average Bonchev–Trinajstić information content (AvgIpc) is 2.44. The summed E-state index contributed by atoms with van der Waals surface area (Å²) in [5.74, 6) is 0.651. The highest BCUT2D eigenvalue weighted by atomic mass is 32.2. The summed E-state index contributed by atoms with van der Waals surface area (Å²) >= 11 is 1.33. The van der Waals surface area contributed by atoms with Crippen molar-refractivity contribution in [3.63, 3.8) is 0 Å². The smallest absolute Gasteiger partial charge is 0.232 e.